The Morgan fingerprint density at radius 2 is 2.00 bits per heavy atom. The monoisotopic (exact) mass is 290 g/mol. The van der Waals surface area contributed by atoms with Crippen LogP contribution in [-0.2, 0) is 11.2 Å². The molecule has 20 heavy (non-hydrogen) atoms. The van der Waals surface area contributed by atoms with Crippen LogP contribution >= 0.6 is 11.6 Å². The first-order chi connectivity index (χ1) is 9.67. The van der Waals surface area contributed by atoms with Crippen molar-refractivity contribution in [2.45, 2.75) is 33.1 Å². The zero-order chi connectivity index (χ0) is 14.5. The molecule has 0 spiro atoms. The highest BCUT2D eigenvalue weighted by Crippen LogP contribution is 2.29. The number of rotatable bonds is 5. The maximum absolute atomic E-state index is 12.0. The Hall–Kier alpha value is -1.54. The zero-order valence-corrected chi connectivity index (χ0v) is 12.7. The lowest BCUT2D eigenvalue weighted by Crippen LogP contribution is -2.05. The topological polar surface area (TPSA) is 26.3 Å². The van der Waals surface area contributed by atoms with Gasteiger partial charge >= 0.3 is 5.97 Å². The number of esters is 1. The van der Waals surface area contributed by atoms with Crippen LogP contribution in [-0.4, -0.2) is 12.6 Å². The van der Waals surface area contributed by atoms with Gasteiger partial charge in [0.2, 0.25) is 0 Å². The van der Waals surface area contributed by atoms with Gasteiger partial charge in [0.15, 0.2) is 0 Å². The summed E-state index contributed by atoms with van der Waals surface area (Å²) in [5, 5.41) is 2.72. The van der Waals surface area contributed by atoms with Crippen molar-refractivity contribution in [2.24, 2.45) is 0 Å². The minimum absolute atomic E-state index is 0.285. The van der Waals surface area contributed by atoms with E-state index in [4.69, 9.17) is 16.3 Å². The van der Waals surface area contributed by atoms with Crippen LogP contribution in [0.15, 0.2) is 30.3 Å². The number of unbranched alkanes of at least 4 members (excludes halogenated alkanes) is 1. The Balaban J connectivity index is 2.55. The Morgan fingerprint density at radius 1 is 1.20 bits per heavy atom. The van der Waals surface area contributed by atoms with Crippen molar-refractivity contribution in [3.8, 4) is 0 Å². The molecule has 0 atom stereocenters. The Bertz CT molecular complexity index is 620. The summed E-state index contributed by atoms with van der Waals surface area (Å²) in [4.78, 5) is 12.0. The first kappa shape index (κ1) is 14.9. The summed E-state index contributed by atoms with van der Waals surface area (Å²) < 4.78 is 5.09. The summed E-state index contributed by atoms with van der Waals surface area (Å²) in [6.45, 7) is 4.35. The molecule has 2 rings (SSSR count). The largest absolute Gasteiger partial charge is 0.462 e. The van der Waals surface area contributed by atoms with Crippen molar-refractivity contribution in [2.75, 3.05) is 6.61 Å². The van der Waals surface area contributed by atoms with E-state index in [9.17, 15) is 4.79 Å². The van der Waals surface area contributed by atoms with E-state index < -0.39 is 0 Å². The Kier molecular flexibility index (Phi) is 5.02. The van der Waals surface area contributed by atoms with Crippen LogP contribution in [0, 0.1) is 0 Å². The van der Waals surface area contributed by atoms with Crippen molar-refractivity contribution in [3.63, 3.8) is 0 Å². The molecule has 0 aliphatic carbocycles. The van der Waals surface area contributed by atoms with Crippen molar-refractivity contribution >= 4 is 28.3 Å². The van der Waals surface area contributed by atoms with Gasteiger partial charge < -0.3 is 4.74 Å². The number of carbonyl (C=O) groups is 1. The van der Waals surface area contributed by atoms with Crippen LogP contribution < -0.4 is 0 Å². The number of benzene rings is 2. The predicted octanol–water partition coefficient (Wildman–Crippen LogP) is 5.01. The number of hydrogen-bond acceptors (Lipinski definition) is 2. The second-order valence-electron chi connectivity index (χ2n) is 4.79. The lowest BCUT2D eigenvalue weighted by Gasteiger charge is -2.11. The molecule has 0 heterocycles. The number of halogens is 1. The molecule has 0 saturated carbocycles. The summed E-state index contributed by atoms with van der Waals surface area (Å²) in [6, 6.07) is 9.62. The van der Waals surface area contributed by atoms with Crippen LogP contribution in [0.2, 0.25) is 5.02 Å². The van der Waals surface area contributed by atoms with Gasteiger partial charge in [-0.1, -0.05) is 37.1 Å². The molecule has 0 saturated heterocycles. The van der Waals surface area contributed by atoms with Crippen LogP contribution in [0.3, 0.4) is 0 Å². The molecule has 2 aromatic rings. The van der Waals surface area contributed by atoms with E-state index in [1.807, 2.05) is 31.2 Å². The molecule has 2 nitrogen and oxygen atoms in total. The standard InChI is InChI=1S/C17H19ClO2/c1-3-5-7-12-10-13(17(19)20-4-2)11-15-14(12)8-6-9-16(15)18/h6,8-11H,3-5,7H2,1-2H3. The van der Waals surface area contributed by atoms with Crippen molar-refractivity contribution < 1.29 is 9.53 Å². The number of hydrogen-bond donors (Lipinski definition) is 0. The highest BCUT2D eigenvalue weighted by molar-refractivity contribution is 6.35. The van der Waals surface area contributed by atoms with Gasteiger partial charge in [-0.05, 0) is 48.9 Å². The van der Waals surface area contributed by atoms with Crippen LogP contribution in [0.4, 0.5) is 0 Å². The first-order valence-corrected chi connectivity index (χ1v) is 7.43. The van der Waals surface area contributed by atoms with Crippen molar-refractivity contribution in [1.82, 2.24) is 0 Å². The average molecular weight is 291 g/mol. The van der Waals surface area contributed by atoms with Gasteiger partial charge in [-0.25, -0.2) is 4.79 Å². The maximum atomic E-state index is 12.0. The number of ether oxygens (including phenoxy) is 1. The lowest BCUT2D eigenvalue weighted by molar-refractivity contribution is 0.0526. The van der Waals surface area contributed by atoms with E-state index in [1.165, 1.54) is 0 Å². The van der Waals surface area contributed by atoms with E-state index in [-0.39, 0.29) is 5.97 Å². The molecule has 106 valence electrons. The molecule has 0 aromatic heterocycles. The minimum atomic E-state index is -0.285. The second kappa shape index (κ2) is 6.76. The molecular formula is C17H19ClO2. The van der Waals surface area contributed by atoms with Gasteiger partial charge in [-0.2, -0.15) is 0 Å². The van der Waals surface area contributed by atoms with Crippen LogP contribution in [0.1, 0.15) is 42.6 Å². The van der Waals surface area contributed by atoms with Gasteiger partial charge in [0, 0.05) is 10.4 Å². The Morgan fingerprint density at radius 3 is 2.70 bits per heavy atom. The summed E-state index contributed by atoms with van der Waals surface area (Å²) in [6.07, 6.45) is 3.15. The van der Waals surface area contributed by atoms with Crippen LogP contribution in [0.25, 0.3) is 10.8 Å². The van der Waals surface area contributed by atoms with Gasteiger partial charge in [-0.3, -0.25) is 0 Å². The average Bonchev–Trinajstić information content (AvgIpc) is 2.45. The Labute approximate surface area is 124 Å². The quantitative estimate of drug-likeness (QED) is 0.723. The molecule has 0 radical (unpaired) electrons. The number of aryl methyl sites for hydroxylation is 1. The lowest BCUT2D eigenvalue weighted by atomic mass is 9.97. The molecular weight excluding hydrogens is 272 g/mol. The molecule has 0 bridgehead atoms. The summed E-state index contributed by atoms with van der Waals surface area (Å²) in [7, 11) is 0. The fourth-order valence-corrected chi connectivity index (χ4v) is 2.56. The van der Waals surface area contributed by atoms with Gasteiger partial charge in [0.1, 0.15) is 0 Å². The highest BCUT2D eigenvalue weighted by atomic mass is 35.5. The second-order valence-corrected chi connectivity index (χ2v) is 5.20. The van der Waals surface area contributed by atoms with E-state index >= 15 is 0 Å². The van der Waals surface area contributed by atoms with Crippen molar-refractivity contribution in [1.29, 1.82) is 0 Å². The molecule has 0 aliphatic rings. The summed E-state index contributed by atoms with van der Waals surface area (Å²) in [5.74, 6) is -0.285. The van der Waals surface area contributed by atoms with E-state index in [0.29, 0.717) is 17.2 Å². The molecule has 0 N–H and O–H groups in total. The van der Waals surface area contributed by atoms with E-state index in [0.717, 1.165) is 35.6 Å². The normalized spacial score (nSPS) is 10.8. The molecule has 0 unspecified atom stereocenters. The predicted molar refractivity (Wildman–Crippen MR) is 83.5 cm³/mol. The smallest absolute Gasteiger partial charge is 0.338 e. The first-order valence-electron chi connectivity index (χ1n) is 7.05. The van der Waals surface area contributed by atoms with Gasteiger partial charge in [0.05, 0.1) is 12.2 Å². The molecule has 0 aliphatic heterocycles. The maximum Gasteiger partial charge on any atom is 0.338 e. The zero-order valence-electron chi connectivity index (χ0n) is 11.9. The molecule has 2 aromatic carbocycles. The highest BCUT2D eigenvalue weighted by Gasteiger charge is 2.12. The molecule has 3 heteroatoms. The van der Waals surface area contributed by atoms with Gasteiger partial charge in [0.25, 0.3) is 0 Å². The molecule has 0 fully saturated rings. The fraction of sp³-hybridized carbons (Fsp3) is 0.353. The summed E-state index contributed by atoms with van der Waals surface area (Å²) in [5.41, 5.74) is 1.74. The summed E-state index contributed by atoms with van der Waals surface area (Å²) >= 11 is 6.26. The fourth-order valence-electron chi connectivity index (χ4n) is 2.33. The third-order valence-electron chi connectivity index (χ3n) is 3.34. The van der Waals surface area contributed by atoms with Crippen molar-refractivity contribution in [3.05, 3.63) is 46.5 Å². The number of fused-ring (bicyclic) bond motifs is 1. The SMILES string of the molecule is CCCCc1cc(C(=O)OCC)cc2c(Cl)cccc12. The van der Waals surface area contributed by atoms with Crippen LogP contribution in [0.5, 0.6) is 0 Å². The third-order valence-corrected chi connectivity index (χ3v) is 3.67. The van der Waals surface area contributed by atoms with E-state index in [2.05, 4.69) is 13.0 Å². The van der Waals surface area contributed by atoms with E-state index in [1.54, 1.807) is 0 Å². The third kappa shape index (κ3) is 3.13. The minimum Gasteiger partial charge on any atom is -0.462 e. The number of carbonyl (C=O) groups excluding carboxylic acids is 1. The van der Waals surface area contributed by atoms with Gasteiger partial charge in [-0.15, -0.1) is 0 Å². The molecule has 0 amide bonds.